The number of rotatable bonds is 3. The highest BCUT2D eigenvalue weighted by Gasteiger charge is 2.05. The molecule has 1 rings (SSSR count). The van der Waals surface area contributed by atoms with Gasteiger partial charge in [0.2, 0.25) is 0 Å². The van der Waals surface area contributed by atoms with Crippen LogP contribution in [0.2, 0.25) is 0 Å². The average Bonchev–Trinajstić information content (AvgIpc) is 2.60. The zero-order chi connectivity index (χ0) is 13.1. The van der Waals surface area contributed by atoms with Gasteiger partial charge in [0.25, 0.3) is 0 Å². The van der Waals surface area contributed by atoms with Crippen molar-refractivity contribution in [2.75, 3.05) is 0 Å². The average molecular weight is 221 g/mol. The molecular weight excluding hydrogens is 194 g/mol. The van der Waals surface area contributed by atoms with E-state index in [0.717, 1.165) is 13.0 Å². The minimum absolute atomic E-state index is 1.15. The van der Waals surface area contributed by atoms with Gasteiger partial charge in [-0.2, -0.15) is 0 Å². The summed E-state index contributed by atoms with van der Waals surface area (Å²) >= 11 is 0. The molecule has 0 atom stereocenters. The van der Waals surface area contributed by atoms with E-state index in [4.69, 9.17) is 0 Å². The molecule has 0 fully saturated rings. The molecule has 16 heavy (non-hydrogen) atoms. The Bertz CT molecular complexity index is 292. The molecule has 1 aromatic heterocycles. The molecule has 0 aliphatic carbocycles. The van der Waals surface area contributed by atoms with Crippen LogP contribution in [0, 0.1) is 26.7 Å². The molecule has 1 heteroatoms. The van der Waals surface area contributed by atoms with E-state index in [9.17, 15) is 0 Å². The lowest BCUT2D eigenvalue weighted by Crippen LogP contribution is -2.00. The zero-order valence-electron chi connectivity index (χ0n) is 11.8. The Balaban J connectivity index is 0. The van der Waals surface area contributed by atoms with E-state index in [-0.39, 0.29) is 0 Å². The second-order valence-electron chi connectivity index (χ2n) is 3.43. The number of nitrogens with zero attached hydrogens (tertiary/aromatic N) is 1. The molecule has 0 spiro atoms. The first-order chi connectivity index (χ1) is 7.70. The van der Waals surface area contributed by atoms with Crippen molar-refractivity contribution in [1.29, 1.82) is 0 Å². The lowest BCUT2D eigenvalue weighted by Gasteiger charge is -2.05. The largest absolute Gasteiger partial charge is 0.351 e. The fourth-order valence-electron chi connectivity index (χ4n) is 1.76. The smallest absolute Gasteiger partial charge is 0.0219 e. The quantitative estimate of drug-likeness (QED) is 0.669. The van der Waals surface area contributed by atoms with Crippen molar-refractivity contribution in [3.05, 3.63) is 23.0 Å². The van der Waals surface area contributed by atoms with Gasteiger partial charge in [0, 0.05) is 18.4 Å². The summed E-state index contributed by atoms with van der Waals surface area (Å²) < 4.78 is 2.39. The Morgan fingerprint density at radius 3 is 2.00 bits per heavy atom. The van der Waals surface area contributed by atoms with E-state index >= 15 is 0 Å². The fourth-order valence-corrected chi connectivity index (χ4v) is 1.76. The van der Waals surface area contributed by atoms with Crippen LogP contribution in [0.1, 0.15) is 50.9 Å². The van der Waals surface area contributed by atoms with Crippen LogP contribution in [0.3, 0.4) is 0 Å². The summed E-state index contributed by atoms with van der Waals surface area (Å²) in [6.45, 7) is 14.0. The summed E-state index contributed by atoms with van der Waals surface area (Å²) in [5.74, 6) is 0. The van der Waals surface area contributed by atoms with E-state index in [2.05, 4.69) is 51.3 Å². The molecule has 0 aliphatic rings. The van der Waals surface area contributed by atoms with Gasteiger partial charge in [-0.05, 0) is 37.8 Å². The van der Waals surface area contributed by atoms with Gasteiger partial charge in [0.1, 0.15) is 0 Å². The molecule has 0 saturated heterocycles. The molecule has 1 aromatic rings. The monoisotopic (exact) mass is 221 g/mol. The van der Waals surface area contributed by atoms with Gasteiger partial charge in [-0.1, -0.05) is 27.7 Å². The third kappa shape index (κ3) is 4.57. The number of terminal acetylenes is 1. The molecule has 0 amide bonds. The maximum atomic E-state index is 4.00. The number of hydrogen-bond acceptors (Lipinski definition) is 0. The summed E-state index contributed by atoms with van der Waals surface area (Å²) in [7, 11) is 0. The number of aromatic nitrogens is 1. The lowest BCUT2D eigenvalue weighted by atomic mass is 10.1. The first-order valence-electron chi connectivity index (χ1n) is 6.19. The van der Waals surface area contributed by atoms with E-state index in [1.807, 2.05) is 13.8 Å². The molecule has 0 N–H and O–H groups in total. The van der Waals surface area contributed by atoms with Gasteiger partial charge in [-0.15, -0.1) is 12.8 Å². The second-order valence-corrected chi connectivity index (χ2v) is 3.43. The van der Waals surface area contributed by atoms with Crippen molar-refractivity contribution in [3.63, 3.8) is 0 Å². The minimum atomic E-state index is 1.15. The molecule has 92 valence electrons. The predicted molar refractivity (Wildman–Crippen MR) is 74.8 cm³/mol. The molecule has 0 bridgehead atoms. The van der Waals surface area contributed by atoms with Crippen molar-refractivity contribution in [2.24, 2.45) is 0 Å². The van der Waals surface area contributed by atoms with Crippen LogP contribution in [-0.2, 0) is 13.0 Å². The van der Waals surface area contributed by atoms with Crippen molar-refractivity contribution in [3.8, 4) is 12.8 Å². The minimum Gasteiger partial charge on any atom is -0.351 e. The Kier molecular flexibility index (Phi) is 11.2. The zero-order valence-corrected chi connectivity index (χ0v) is 11.8. The summed E-state index contributed by atoms with van der Waals surface area (Å²) in [6, 6.07) is 0. The van der Waals surface area contributed by atoms with Crippen molar-refractivity contribution >= 4 is 0 Å². The first kappa shape index (κ1) is 17.2. The van der Waals surface area contributed by atoms with Gasteiger partial charge in [0.05, 0.1) is 0 Å². The molecule has 0 aliphatic heterocycles. The SMILES string of the molecule is C#C.CC.CCCn1cc(C)c(C)c1CC. The number of aryl methyl sites for hydroxylation is 2. The highest BCUT2D eigenvalue weighted by molar-refractivity contribution is 5.29. The van der Waals surface area contributed by atoms with Crippen LogP contribution in [0.15, 0.2) is 6.20 Å². The van der Waals surface area contributed by atoms with Crippen LogP contribution in [-0.4, -0.2) is 4.57 Å². The van der Waals surface area contributed by atoms with Crippen molar-refractivity contribution < 1.29 is 0 Å². The summed E-state index contributed by atoms with van der Waals surface area (Å²) in [4.78, 5) is 0. The van der Waals surface area contributed by atoms with Gasteiger partial charge in [-0.25, -0.2) is 0 Å². The van der Waals surface area contributed by atoms with Crippen LogP contribution < -0.4 is 0 Å². The van der Waals surface area contributed by atoms with Gasteiger partial charge in [-0.3, -0.25) is 0 Å². The molecule has 0 saturated carbocycles. The second kappa shape index (κ2) is 10.4. The molecule has 1 heterocycles. The summed E-state index contributed by atoms with van der Waals surface area (Å²) in [6.07, 6.45) is 12.7. The highest BCUT2D eigenvalue weighted by Crippen LogP contribution is 2.16. The van der Waals surface area contributed by atoms with Crippen LogP contribution in [0.5, 0.6) is 0 Å². The van der Waals surface area contributed by atoms with E-state index in [1.165, 1.54) is 23.2 Å². The maximum absolute atomic E-state index is 4.00. The molecule has 0 unspecified atom stereocenters. The van der Waals surface area contributed by atoms with E-state index in [0.29, 0.717) is 0 Å². The van der Waals surface area contributed by atoms with E-state index in [1.54, 1.807) is 0 Å². The summed E-state index contributed by atoms with van der Waals surface area (Å²) in [5.41, 5.74) is 4.42. The van der Waals surface area contributed by atoms with Gasteiger partial charge in [0.15, 0.2) is 0 Å². The van der Waals surface area contributed by atoms with Gasteiger partial charge < -0.3 is 4.57 Å². The normalized spacial score (nSPS) is 8.50. The molecular formula is C15H27N. The molecule has 0 aromatic carbocycles. The Hall–Kier alpha value is -1.16. The maximum Gasteiger partial charge on any atom is 0.0219 e. The molecule has 1 nitrogen and oxygen atoms in total. The highest BCUT2D eigenvalue weighted by atomic mass is 15.0. The third-order valence-electron chi connectivity index (χ3n) is 2.52. The van der Waals surface area contributed by atoms with Crippen LogP contribution >= 0.6 is 0 Å². The van der Waals surface area contributed by atoms with Gasteiger partial charge >= 0.3 is 0 Å². The first-order valence-corrected chi connectivity index (χ1v) is 6.19. The Labute approximate surface area is 102 Å². The number of hydrogen-bond donors (Lipinski definition) is 0. The van der Waals surface area contributed by atoms with Crippen LogP contribution in [0.4, 0.5) is 0 Å². The third-order valence-corrected chi connectivity index (χ3v) is 2.52. The van der Waals surface area contributed by atoms with Crippen molar-refractivity contribution in [2.45, 2.75) is 60.9 Å². The standard InChI is InChI=1S/C11H19N.C2H6.C2H2/c1-5-7-12-8-9(3)10(4)11(12)6-2;2*1-2/h8H,5-7H2,1-4H3;1-2H3;1-2H. The predicted octanol–water partition coefficient (Wildman–Crippen LogP) is 4.35. The lowest BCUT2D eigenvalue weighted by molar-refractivity contribution is 0.650. The summed E-state index contributed by atoms with van der Waals surface area (Å²) in [5, 5.41) is 0. The topological polar surface area (TPSA) is 4.93 Å². The van der Waals surface area contributed by atoms with Crippen molar-refractivity contribution in [1.82, 2.24) is 4.57 Å². The Morgan fingerprint density at radius 2 is 1.62 bits per heavy atom. The van der Waals surface area contributed by atoms with Crippen LogP contribution in [0.25, 0.3) is 0 Å². The Morgan fingerprint density at radius 1 is 1.12 bits per heavy atom. The van der Waals surface area contributed by atoms with E-state index < -0.39 is 0 Å². The fraction of sp³-hybridized carbons (Fsp3) is 0.600. The molecule has 0 radical (unpaired) electrons.